The summed E-state index contributed by atoms with van der Waals surface area (Å²) in [5.41, 5.74) is 2.40. The first-order valence-electron chi connectivity index (χ1n) is 5.88. The van der Waals surface area contributed by atoms with Crippen LogP contribution < -0.4 is 0 Å². The second-order valence-corrected chi connectivity index (χ2v) is 3.63. The standard InChI is InChI=1S/2C9H9.Pd/c2*1-2-6-9-7-4-3-5-8-9;/h2*2-8H,1H2;/q2*-1;+2. The van der Waals surface area contributed by atoms with Crippen LogP contribution in [0.4, 0.5) is 0 Å². The van der Waals surface area contributed by atoms with Gasteiger partial charge in [0.15, 0.2) is 0 Å². The van der Waals surface area contributed by atoms with Crippen molar-refractivity contribution in [1.82, 2.24) is 0 Å². The molecule has 0 aliphatic carbocycles. The van der Waals surface area contributed by atoms with Gasteiger partial charge in [-0.05, 0) is 0 Å². The topological polar surface area (TPSA) is 0 Å². The summed E-state index contributed by atoms with van der Waals surface area (Å²) in [7, 11) is 0. The van der Waals surface area contributed by atoms with E-state index < -0.39 is 0 Å². The van der Waals surface area contributed by atoms with Gasteiger partial charge in [-0.2, -0.15) is 25.3 Å². The van der Waals surface area contributed by atoms with Crippen molar-refractivity contribution in [3.63, 3.8) is 0 Å². The molecule has 0 spiro atoms. The Labute approximate surface area is 130 Å². The minimum Gasteiger partial charge on any atom is -0.169 e. The summed E-state index contributed by atoms with van der Waals surface area (Å²) in [4.78, 5) is 0. The van der Waals surface area contributed by atoms with Gasteiger partial charge in [0, 0.05) is 0 Å². The molecule has 100 valence electrons. The Morgan fingerprint density at radius 2 is 0.947 bits per heavy atom. The van der Waals surface area contributed by atoms with Crippen LogP contribution in [-0.4, -0.2) is 0 Å². The summed E-state index contributed by atoms with van der Waals surface area (Å²) in [5.74, 6) is 0. The van der Waals surface area contributed by atoms with Crippen LogP contribution in [0.15, 0.2) is 86.0 Å². The van der Waals surface area contributed by atoms with E-state index in [1.165, 1.54) is 11.1 Å². The zero-order valence-corrected chi connectivity index (χ0v) is 12.4. The Morgan fingerprint density at radius 1 is 0.632 bits per heavy atom. The van der Waals surface area contributed by atoms with E-state index in [-0.39, 0.29) is 20.4 Å². The normalized spacial score (nSPS) is 8.00. The summed E-state index contributed by atoms with van der Waals surface area (Å²) in [6.45, 7) is 7.20. The van der Waals surface area contributed by atoms with E-state index in [2.05, 4.69) is 13.2 Å². The Hall–Kier alpha value is -1.68. The summed E-state index contributed by atoms with van der Waals surface area (Å²) >= 11 is 0. The molecule has 0 amide bonds. The molecule has 0 radical (unpaired) electrons. The van der Waals surface area contributed by atoms with E-state index in [1.807, 2.05) is 73.5 Å². The maximum absolute atomic E-state index is 3.60. The molecule has 0 aliphatic rings. The molecule has 0 atom stereocenters. The summed E-state index contributed by atoms with van der Waals surface area (Å²) < 4.78 is 0. The van der Waals surface area contributed by atoms with Gasteiger partial charge in [0.2, 0.25) is 0 Å². The molecule has 0 unspecified atom stereocenters. The zero-order chi connectivity index (χ0) is 13.1. The fraction of sp³-hybridized carbons (Fsp3) is 0. The van der Waals surface area contributed by atoms with Crippen molar-refractivity contribution in [2.75, 3.05) is 0 Å². The van der Waals surface area contributed by atoms with Gasteiger partial charge in [-0.3, -0.25) is 0 Å². The van der Waals surface area contributed by atoms with Gasteiger partial charge < -0.3 is 0 Å². The molecule has 1 heteroatoms. The van der Waals surface area contributed by atoms with E-state index in [1.54, 1.807) is 12.2 Å². The minimum atomic E-state index is 0. The van der Waals surface area contributed by atoms with Gasteiger partial charge in [0.05, 0.1) is 0 Å². The number of hydrogen-bond acceptors (Lipinski definition) is 0. The summed E-state index contributed by atoms with van der Waals surface area (Å²) in [5, 5.41) is 0. The van der Waals surface area contributed by atoms with Crippen molar-refractivity contribution in [2.45, 2.75) is 0 Å². The van der Waals surface area contributed by atoms with E-state index in [9.17, 15) is 0 Å². The Morgan fingerprint density at radius 3 is 1.21 bits per heavy atom. The Kier molecular flexibility index (Phi) is 10.4. The van der Waals surface area contributed by atoms with E-state index >= 15 is 0 Å². The predicted molar refractivity (Wildman–Crippen MR) is 80.1 cm³/mol. The molecular weight excluding hydrogens is 323 g/mol. The third-order valence-corrected chi connectivity index (χ3v) is 2.22. The van der Waals surface area contributed by atoms with Gasteiger partial charge in [0.25, 0.3) is 0 Å². The van der Waals surface area contributed by atoms with Crippen LogP contribution in [0.5, 0.6) is 0 Å². The first-order chi connectivity index (χ1) is 8.86. The van der Waals surface area contributed by atoms with Gasteiger partial charge in [0.1, 0.15) is 0 Å². The van der Waals surface area contributed by atoms with Crippen LogP contribution in [0.2, 0.25) is 0 Å². The van der Waals surface area contributed by atoms with Gasteiger partial charge in [-0.25, -0.2) is 0 Å². The fourth-order valence-corrected chi connectivity index (χ4v) is 1.40. The number of rotatable bonds is 4. The van der Waals surface area contributed by atoms with E-state index in [0.29, 0.717) is 0 Å². The van der Waals surface area contributed by atoms with Crippen LogP contribution >= 0.6 is 0 Å². The van der Waals surface area contributed by atoms with Gasteiger partial charge in [-0.1, -0.05) is 12.1 Å². The third kappa shape index (κ3) is 8.11. The molecule has 0 aromatic heterocycles. The van der Waals surface area contributed by atoms with Gasteiger partial charge >= 0.3 is 20.4 Å². The second-order valence-electron chi connectivity index (χ2n) is 3.63. The van der Waals surface area contributed by atoms with Crippen molar-refractivity contribution >= 4 is 0 Å². The Bertz CT molecular complexity index is 400. The molecule has 0 N–H and O–H groups in total. The third-order valence-electron chi connectivity index (χ3n) is 2.22. The maximum atomic E-state index is 3.60. The minimum absolute atomic E-state index is 0. The van der Waals surface area contributed by atoms with E-state index in [4.69, 9.17) is 0 Å². The van der Waals surface area contributed by atoms with Crippen LogP contribution in [0.25, 0.3) is 0 Å². The van der Waals surface area contributed by atoms with Crippen molar-refractivity contribution < 1.29 is 20.4 Å². The fourth-order valence-electron chi connectivity index (χ4n) is 1.40. The smallest absolute Gasteiger partial charge is 0.169 e. The molecule has 2 aromatic carbocycles. The van der Waals surface area contributed by atoms with Crippen LogP contribution in [0.1, 0.15) is 11.1 Å². The molecule has 0 nitrogen and oxygen atoms in total. The molecule has 0 heterocycles. The van der Waals surface area contributed by atoms with Crippen molar-refractivity contribution in [3.05, 3.63) is 110 Å². The van der Waals surface area contributed by atoms with Crippen molar-refractivity contribution in [2.24, 2.45) is 0 Å². The number of allylic oxidation sites excluding steroid dienone is 2. The largest absolute Gasteiger partial charge is 2.00 e. The number of benzene rings is 2. The zero-order valence-electron chi connectivity index (χ0n) is 10.8. The molecule has 0 bridgehead atoms. The van der Waals surface area contributed by atoms with E-state index in [0.717, 1.165) is 0 Å². The molecule has 19 heavy (non-hydrogen) atoms. The molecule has 0 saturated carbocycles. The predicted octanol–water partition coefficient (Wildman–Crippen LogP) is 4.85. The van der Waals surface area contributed by atoms with Crippen molar-refractivity contribution in [3.8, 4) is 0 Å². The molecule has 2 rings (SSSR count). The second kappa shape index (κ2) is 11.4. The first kappa shape index (κ1) is 17.3. The average molecular weight is 341 g/mol. The molecular formula is C18H18Pd. The van der Waals surface area contributed by atoms with Crippen LogP contribution in [-0.2, 0) is 20.4 Å². The summed E-state index contributed by atoms with van der Waals surface area (Å²) in [6.07, 6.45) is 7.52. The van der Waals surface area contributed by atoms with Crippen LogP contribution in [0.3, 0.4) is 0 Å². The maximum Gasteiger partial charge on any atom is 2.00 e. The summed E-state index contributed by atoms with van der Waals surface area (Å²) in [6, 6.07) is 20.2. The molecule has 0 saturated heterocycles. The van der Waals surface area contributed by atoms with Crippen molar-refractivity contribution in [1.29, 1.82) is 0 Å². The molecule has 2 aromatic rings. The molecule has 0 fully saturated rings. The molecule has 0 aliphatic heterocycles. The monoisotopic (exact) mass is 340 g/mol. The Balaban J connectivity index is 0.000000324. The van der Waals surface area contributed by atoms with Crippen LogP contribution in [0, 0.1) is 12.8 Å². The quantitative estimate of drug-likeness (QED) is 0.551. The first-order valence-corrected chi connectivity index (χ1v) is 5.88. The van der Waals surface area contributed by atoms with Gasteiger partial charge in [-0.15, -0.1) is 72.5 Å². The number of hydrogen-bond donors (Lipinski definition) is 0. The average Bonchev–Trinajstić information content (AvgIpc) is 2.43. The SMILES string of the molecule is C=C[CH-]c1ccccc1.C=C[CH-]c1ccccc1.[Pd+2].